The molecule has 0 aliphatic heterocycles. The highest BCUT2D eigenvalue weighted by Crippen LogP contribution is 2.16. The number of benzene rings is 2. The summed E-state index contributed by atoms with van der Waals surface area (Å²) in [5.74, 6) is 0.396. The third-order valence-electron chi connectivity index (χ3n) is 3.15. The molecule has 2 aromatic carbocycles. The Labute approximate surface area is 145 Å². The van der Waals surface area contributed by atoms with Gasteiger partial charge >= 0.3 is 0 Å². The average Bonchev–Trinajstić information content (AvgIpc) is 2.65. The maximum Gasteiger partial charge on any atom is 0.258 e. The molecule has 2 rings (SSSR count). The summed E-state index contributed by atoms with van der Waals surface area (Å²) in [4.78, 5) is 23.5. The van der Waals surface area contributed by atoms with E-state index in [1.54, 1.807) is 55.6 Å². The van der Waals surface area contributed by atoms with Crippen molar-refractivity contribution in [2.75, 3.05) is 25.6 Å². The molecular formula is C18H17N3O4. The largest absolute Gasteiger partial charge is 0.497 e. The van der Waals surface area contributed by atoms with Gasteiger partial charge in [0.25, 0.3) is 5.91 Å². The van der Waals surface area contributed by atoms with Gasteiger partial charge in [-0.1, -0.05) is 6.07 Å². The molecule has 7 heteroatoms. The van der Waals surface area contributed by atoms with Gasteiger partial charge < -0.3 is 20.1 Å². The van der Waals surface area contributed by atoms with E-state index in [1.165, 1.54) is 0 Å². The Morgan fingerprint density at radius 2 is 1.80 bits per heavy atom. The summed E-state index contributed by atoms with van der Waals surface area (Å²) in [6.45, 7) is -0.398. The van der Waals surface area contributed by atoms with Crippen LogP contribution in [-0.4, -0.2) is 32.1 Å². The quantitative estimate of drug-likeness (QED) is 0.800. The number of nitriles is 1. The summed E-state index contributed by atoms with van der Waals surface area (Å²) in [6, 6.07) is 15.3. The van der Waals surface area contributed by atoms with E-state index in [0.29, 0.717) is 22.7 Å². The molecule has 0 bridgehead atoms. The molecule has 2 amide bonds. The van der Waals surface area contributed by atoms with Crippen LogP contribution in [0.2, 0.25) is 0 Å². The Morgan fingerprint density at radius 1 is 1.08 bits per heavy atom. The number of ether oxygens (including phenoxy) is 2. The Balaban J connectivity index is 1.73. The zero-order valence-electron chi connectivity index (χ0n) is 13.6. The van der Waals surface area contributed by atoms with E-state index in [4.69, 9.17) is 14.7 Å². The molecule has 2 N–H and O–H groups in total. The van der Waals surface area contributed by atoms with Crippen molar-refractivity contribution in [3.8, 4) is 17.6 Å². The molecule has 0 aliphatic rings. The Bertz CT molecular complexity index is 782. The number of rotatable bonds is 7. The fourth-order valence-corrected chi connectivity index (χ4v) is 1.92. The first-order chi connectivity index (χ1) is 12.1. The first kappa shape index (κ1) is 17.8. The summed E-state index contributed by atoms with van der Waals surface area (Å²) < 4.78 is 10.3. The molecule has 0 unspecified atom stereocenters. The van der Waals surface area contributed by atoms with Crippen molar-refractivity contribution in [2.45, 2.75) is 0 Å². The minimum atomic E-state index is -0.420. The van der Waals surface area contributed by atoms with Gasteiger partial charge in [-0.2, -0.15) is 5.26 Å². The highest BCUT2D eigenvalue weighted by atomic mass is 16.5. The molecule has 0 saturated carbocycles. The van der Waals surface area contributed by atoms with Crippen molar-refractivity contribution < 1.29 is 19.1 Å². The molecule has 2 aromatic rings. The summed E-state index contributed by atoms with van der Waals surface area (Å²) in [5.41, 5.74) is 0.933. The minimum absolute atomic E-state index is 0.193. The normalized spacial score (nSPS) is 9.60. The lowest BCUT2D eigenvalue weighted by Crippen LogP contribution is -2.35. The van der Waals surface area contributed by atoms with Gasteiger partial charge in [0.1, 0.15) is 11.5 Å². The minimum Gasteiger partial charge on any atom is -0.497 e. The SMILES string of the molecule is COc1ccc(OCC(=O)NCC(=O)Nc2cccc(C#N)c2)cc1. The summed E-state index contributed by atoms with van der Waals surface area (Å²) in [7, 11) is 1.56. The predicted molar refractivity (Wildman–Crippen MR) is 91.3 cm³/mol. The molecule has 0 fully saturated rings. The Morgan fingerprint density at radius 3 is 2.48 bits per heavy atom. The van der Waals surface area contributed by atoms with Crippen molar-refractivity contribution in [3.05, 3.63) is 54.1 Å². The number of carbonyl (C=O) groups is 2. The van der Waals surface area contributed by atoms with Crippen molar-refractivity contribution in [2.24, 2.45) is 0 Å². The number of anilines is 1. The predicted octanol–water partition coefficient (Wildman–Crippen LogP) is 1.70. The van der Waals surface area contributed by atoms with E-state index < -0.39 is 11.8 Å². The molecule has 0 saturated heterocycles. The molecule has 0 heterocycles. The first-order valence-electron chi connectivity index (χ1n) is 7.44. The second kappa shape index (κ2) is 8.93. The smallest absolute Gasteiger partial charge is 0.258 e. The molecule has 0 aliphatic carbocycles. The van der Waals surface area contributed by atoms with Crippen LogP contribution in [0.15, 0.2) is 48.5 Å². The molecule has 7 nitrogen and oxygen atoms in total. The number of nitrogens with zero attached hydrogens (tertiary/aromatic N) is 1. The van der Waals surface area contributed by atoms with E-state index in [9.17, 15) is 9.59 Å². The molecule has 128 valence electrons. The molecule has 0 atom stereocenters. The van der Waals surface area contributed by atoms with Crippen LogP contribution in [0.4, 0.5) is 5.69 Å². The molecule has 0 spiro atoms. The Hall–Kier alpha value is -3.53. The number of hydrogen-bond acceptors (Lipinski definition) is 5. The number of methoxy groups -OCH3 is 1. The highest BCUT2D eigenvalue weighted by molar-refractivity contribution is 5.94. The lowest BCUT2D eigenvalue weighted by molar-refractivity contribution is -0.125. The van der Waals surface area contributed by atoms with E-state index in [2.05, 4.69) is 10.6 Å². The number of nitrogens with one attached hydrogen (secondary N) is 2. The first-order valence-corrected chi connectivity index (χ1v) is 7.44. The molecular weight excluding hydrogens is 322 g/mol. The standard InChI is InChI=1S/C18H17N3O4/c1-24-15-5-7-16(8-6-15)25-12-18(23)20-11-17(22)21-14-4-2-3-13(9-14)10-19/h2-9H,11-12H2,1H3,(H,20,23)(H,21,22). The average molecular weight is 339 g/mol. The van der Waals surface area contributed by atoms with E-state index in [-0.39, 0.29) is 13.2 Å². The van der Waals surface area contributed by atoms with Crippen molar-refractivity contribution in [3.63, 3.8) is 0 Å². The monoisotopic (exact) mass is 339 g/mol. The van der Waals surface area contributed by atoms with Crippen LogP contribution in [0.1, 0.15) is 5.56 Å². The fourth-order valence-electron chi connectivity index (χ4n) is 1.92. The summed E-state index contributed by atoms with van der Waals surface area (Å²) in [6.07, 6.45) is 0. The van der Waals surface area contributed by atoms with E-state index >= 15 is 0 Å². The van der Waals surface area contributed by atoms with Gasteiger partial charge in [-0.15, -0.1) is 0 Å². The second-order valence-corrected chi connectivity index (χ2v) is 4.98. The zero-order chi connectivity index (χ0) is 18.1. The van der Waals surface area contributed by atoms with Gasteiger partial charge in [0, 0.05) is 5.69 Å². The van der Waals surface area contributed by atoms with E-state index in [1.807, 2.05) is 6.07 Å². The fraction of sp³-hybridized carbons (Fsp3) is 0.167. The highest BCUT2D eigenvalue weighted by Gasteiger charge is 2.07. The summed E-state index contributed by atoms with van der Waals surface area (Å²) >= 11 is 0. The third kappa shape index (κ3) is 5.88. The number of hydrogen-bond donors (Lipinski definition) is 2. The van der Waals surface area contributed by atoms with Gasteiger partial charge in [0.2, 0.25) is 5.91 Å². The van der Waals surface area contributed by atoms with Crippen molar-refractivity contribution in [1.29, 1.82) is 5.26 Å². The van der Waals surface area contributed by atoms with Crippen LogP contribution in [0.5, 0.6) is 11.5 Å². The van der Waals surface area contributed by atoms with Crippen molar-refractivity contribution >= 4 is 17.5 Å². The Kier molecular flexibility index (Phi) is 6.37. The van der Waals surface area contributed by atoms with Gasteiger partial charge in [-0.3, -0.25) is 9.59 Å². The van der Waals surface area contributed by atoms with Crippen LogP contribution in [0.3, 0.4) is 0 Å². The van der Waals surface area contributed by atoms with Crippen molar-refractivity contribution in [1.82, 2.24) is 5.32 Å². The van der Waals surface area contributed by atoms with Crippen LogP contribution < -0.4 is 20.1 Å². The van der Waals surface area contributed by atoms with Crippen LogP contribution in [0, 0.1) is 11.3 Å². The molecule has 0 aromatic heterocycles. The van der Waals surface area contributed by atoms with Gasteiger partial charge in [0.05, 0.1) is 25.3 Å². The topological polar surface area (TPSA) is 100 Å². The maximum absolute atomic E-state index is 11.8. The lowest BCUT2D eigenvalue weighted by atomic mass is 10.2. The van der Waals surface area contributed by atoms with Gasteiger partial charge in [0.15, 0.2) is 6.61 Å². The lowest BCUT2D eigenvalue weighted by Gasteiger charge is -2.09. The van der Waals surface area contributed by atoms with E-state index in [0.717, 1.165) is 0 Å². The summed E-state index contributed by atoms with van der Waals surface area (Å²) in [5, 5.41) is 13.9. The van der Waals surface area contributed by atoms with Gasteiger partial charge in [-0.05, 0) is 42.5 Å². The van der Waals surface area contributed by atoms with Gasteiger partial charge in [-0.25, -0.2) is 0 Å². The zero-order valence-corrected chi connectivity index (χ0v) is 13.6. The third-order valence-corrected chi connectivity index (χ3v) is 3.15. The number of amides is 2. The number of carbonyl (C=O) groups excluding carboxylic acids is 2. The van der Waals surface area contributed by atoms with Crippen LogP contribution in [0.25, 0.3) is 0 Å². The maximum atomic E-state index is 11.8. The van der Waals surface area contributed by atoms with Crippen LogP contribution in [-0.2, 0) is 9.59 Å². The molecule has 0 radical (unpaired) electrons. The van der Waals surface area contributed by atoms with Crippen LogP contribution >= 0.6 is 0 Å². The molecule has 25 heavy (non-hydrogen) atoms. The second-order valence-electron chi connectivity index (χ2n) is 4.98.